The molecular weight excluding hydrogens is 365 g/mol. The number of benzene rings is 2. The Balaban J connectivity index is 1.85. The standard InChI is InChI=1S/C18H11Cl2NO4/c19-10-2-3-11(13(20)6-10)17-12(7-25-18(17)23)9-1-4-15-14(5-9)21-16(22)8-24-15/h1-6H,7-8H2,(H,21,22). The fraction of sp³-hybridized carbons (Fsp3) is 0.111. The van der Waals surface area contributed by atoms with Gasteiger partial charge in [0.15, 0.2) is 6.61 Å². The van der Waals surface area contributed by atoms with Crippen molar-refractivity contribution in [3.63, 3.8) is 0 Å². The van der Waals surface area contributed by atoms with E-state index in [1.54, 1.807) is 30.3 Å². The molecule has 2 aliphatic rings. The van der Waals surface area contributed by atoms with E-state index < -0.39 is 5.97 Å². The predicted octanol–water partition coefficient (Wildman–Crippen LogP) is 3.79. The Hall–Kier alpha value is -2.50. The van der Waals surface area contributed by atoms with Gasteiger partial charge in [0.1, 0.15) is 12.4 Å². The van der Waals surface area contributed by atoms with Gasteiger partial charge in [-0.1, -0.05) is 35.3 Å². The number of rotatable bonds is 2. The van der Waals surface area contributed by atoms with Crippen molar-refractivity contribution < 1.29 is 19.1 Å². The maximum atomic E-state index is 12.3. The highest BCUT2D eigenvalue weighted by Crippen LogP contribution is 2.39. The molecule has 0 unspecified atom stereocenters. The van der Waals surface area contributed by atoms with Gasteiger partial charge in [0, 0.05) is 16.2 Å². The number of amides is 1. The highest BCUT2D eigenvalue weighted by molar-refractivity contribution is 6.38. The van der Waals surface area contributed by atoms with Crippen molar-refractivity contribution in [1.29, 1.82) is 0 Å². The van der Waals surface area contributed by atoms with Gasteiger partial charge >= 0.3 is 5.97 Å². The number of hydrogen-bond donors (Lipinski definition) is 1. The number of carbonyl (C=O) groups excluding carboxylic acids is 2. The van der Waals surface area contributed by atoms with E-state index in [0.717, 1.165) is 5.56 Å². The van der Waals surface area contributed by atoms with Gasteiger partial charge in [-0.25, -0.2) is 4.79 Å². The number of cyclic esters (lactones) is 1. The second-order valence-corrected chi connectivity index (χ2v) is 6.45. The van der Waals surface area contributed by atoms with Gasteiger partial charge in [0.2, 0.25) is 0 Å². The topological polar surface area (TPSA) is 64.6 Å². The zero-order valence-corrected chi connectivity index (χ0v) is 14.3. The monoisotopic (exact) mass is 375 g/mol. The van der Waals surface area contributed by atoms with Crippen LogP contribution >= 0.6 is 23.2 Å². The summed E-state index contributed by atoms with van der Waals surface area (Å²) in [6.45, 7) is 0.114. The van der Waals surface area contributed by atoms with Gasteiger partial charge in [-0.2, -0.15) is 0 Å². The Morgan fingerprint density at radius 2 is 1.80 bits per heavy atom. The quantitative estimate of drug-likeness (QED) is 0.810. The molecule has 25 heavy (non-hydrogen) atoms. The summed E-state index contributed by atoms with van der Waals surface area (Å²) >= 11 is 12.2. The van der Waals surface area contributed by atoms with E-state index >= 15 is 0 Å². The van der Waals surface area contributed by atoms with E-state index in [-0.39, 0.29) is 19.1 Å². The van der Waals surface area contributed by atoms with Crippen LogP contribution in [0, 0.1) is 0 Å². The van der Waals surface area contributed by atoms with Crippen LogP contribution in [-0.4, -0.2) is 25.1 Å². The number of ether oxygens (including phenoxy) is 2. The molecule has 2 aliphatic heterocycles. The molecule has 0 radical (unpaired) electrons. The maximum Gasteiger partial charge on any atom is 0.339 e. The molecular formula is C18H11Cl2NO4. The molecule has 126 valence electrons. The average Bonchev–Trinajstić information content (AvgIpc) is 2.96. The van der Waals surface area contributed by atoms with E-state index in [0.29, 0.717) is 38.2 Å². The first kappa shape index (κ1) is 16.0. The minimum absolute atomic E-state index is 0.0116. The van der Waals surface area contributed by atoms with E-state index in [4.69, 9.17) is 32.7 Å². The summed E-state index contributed by atoms with van der Waals surface area (Å²) in [4.78, 5) is 23.8. The SMILES string of the molecule is O=C1COc2ccc(C3=C(c4ccc(Cl)cc4Cl)C(=O)OC3)cc2N1. The largest absolute Gasteiger partial charge is 0.482 e. The predicted molar refractivity (Wildman–Crippen MR) is 94.8 cm³/mol. The fourth-order valence-electron chi connectivity index (χ4n) is 2.87. The lowest BCUT2D eigenvalue weighted by Gasteiger charge is -2.18. The number of halogens is 2. The zero-order valence-electron chi connectivity index (χ0n) is 12.8. The third-order valence-electron chi connectivity index (χ3n) is 4.01. The summed E-state index contributed by atoms with van der Waals surface area (Å²) in [5, 5.41) is 3.60. The molecule has 1 amide bonds. The van der Waals surface area contributed by atoms with Crippen molar-refractivity contribution in [3.8, 4) is 5.75 Å². The van der Waals surface area contributed by atoms with Crippen LogP contribution in [0.1, 0.15) is 11.1 Å². The van der Waals surface area contributed by atoms with Crippen molar-refractivity contribution in [2.45, 2.75) is 0 Å². The first-order chi connectivity index (χ1) is 12.0. The van der Waals surface area contributed by atoms with Gasteiger partial charge in [0.25, 0.3) is 5.91 Å². The molecule has 2 aromatic carbocycles. The molecule has 0 aromatic heterocycles. The number of nitrogens with one attached hydrogen (secondary N) is 1. The molecule has 0 saturated heterocycles. The molecule has 0 bridgehead atoms. The van der Waals surface area contributed by atoms with E-state index in [2.05, 4.69) is 5.32 Å². The third kappa shape index (κ3) is 2.86. The molecule has 0 saturated carbocycles. The molecule has 4 rings (SSSR count). The molecule has 7 heteroatoms. The second-order valence-electron chi connectivity index (χ2n) is 5.60. The first-order valence-corrected chi connectivity index (χ1v) is 8.21. The minimum atomic E-state index is -0.447. The van der Waals surface area contributed by atoms with Gasteiger partial charge in [0.05, 0.1) is 16.3 Å². The van der Waals surface area contributed by atoms with Crippen LogP contribution in [0.5, 0.6) is 5.75 Å². The molecule has 0 atom stereocenters. The van der Waals surface area contributed by atoms with Crippen LogP contribution in [0.3, 0.4) is 0 Å². The van der Waals surface area contributed by atoms with Gasteiger partial charge < -0.3 is 14.8 Å². The van der Waals surface area contributed by atoms with Crippen LogP contribution in [-0.2, 0) is 14.3 Å². The van der Waals surface area contributed by atoms with Gasteiger partial charge in [-0.05, 0) is 29.8 Å². The summed E-state index contributed by atoms with van der Waals surface area (Å²) in [6, 6.07) is 10.3. The number of anilines is 1. The zero-order chi connectivity index (χ0) is 17.6. The Morgan fingerprint density at radius 3 is 2.60 bits per heavy atom. The molecule has 0 aliphatic carbocycles. The molecule has 0 fully saturated rings. The van der Waals surface area contributed by atoms with Crippen LogP contribution in [0.15, 0.2) is 36.4 Å². The van der Waals surface area contributed by atoms with Crippen LogP contribution in [0.25, 0.3) is 11.1 Å². The van der Waals surface area contributed by atoms with Crippen LogP contribution in [0.4, 0.5) is 5.69 Å². The molecule has 0 spiro atoms. The maximum absolute atomic E-state index is 12.3. The lowest BCUT2D eigenvalue weighted by Crippen LogP contribution is -2.25. The van der Waals surface area contributed by atoms with Gasteiger partial charge in [-0.15, -0.1) is 0 Å². The summed E-state index contributed by atoms with van der Waals surface area (Å²) in [5.74, 6) is -0.0872. The Labute approximate surface area is 153 Å². The number of carbonyl (C=O) groups is 2. The second kappa shape index (κ2) is 6.10. The summed E-state index contributed by atoms with van der Waals surface area (Å²) in [5.41, 5.74) is 2.95. The lowest BCUT2D eigenvalue weighted by molar-refractivity contribution is -0.133. The van der Waals surface area contributed by atoms with E-state index in [1.165, 1.54) is 0 Å². The Bertz CT molecular complexity index is 952. The van der Waals surface area contributed by atoms with Crippen LogP contribution in [0.2, 0.25) is 10.0 Å². The van der Waals surface area contributed by atoms with Crippen molar-refractivity contribution >= 4 is 51.9 Å². The Kier molecular flexibility index (Phi) is 3.90. The molecule has 2 heterocycles. The van der Waals surface area contributed by atoms with Crippen LogP contribution < -0.4 is 10.1 Å². The average molecular weight is 376 g/mol. The lowest BCUT2D eigenvalue weighted by atomic mass is 9.96. The van der Waals surface area contributed by atoms with Crippen molar-refractivity contribution in [2.24, 2.45) is 0 Å². The normalized spacial score (nSPS) is 16.2. The number of hydrogen-bond acceptors (Lipinski definition) is 4. The van der Waals surface area contributed by atoms with Crippen molar-refractivity contribution in [3.05, 3.63) is 57.6 Å². The van der Waals surface area contributed by atoms with Gasteiger partial charge in [-0.3, -0.25) is 4.79 Å². The van der Waals surface area contributed by atoms with E-state index in [9.17, 15) is 9.59 Å². The van der Waals surface area contributed by atoms with Crippen molar-refractivity contribution in [1.82, 2.24) is 0 Å². The Morgan fingerprint density at radius 1 is 0.960 bits per heavy atom. The number of esters is 1. The molecule has 1 N–H and O–H groups in total. The third-order valence-corrected chi connectivity index (χ3v) is 4.56. The summed E-state index contributed by atoms with van der Waals surface area (Å²) < 4.78 is 10.6. The summed E-state index contributed by atoms with van der Waals surface area (Å²) in [7, 11) is 0. The highest BCUT2D eigenvalue weighted by Gasteiger charge is 2.29. The number of fused-ring (bicyclic) bond motifs is 1. The smallest absolute Gasteiger partial charge is 0.339 e. The molecule has 2 aromatic rings. The van der Waals surface area contributed by atoms with E-state index in [1.807, 2.05) is 6.07 Å². The first-order valence-electron chi connectivity index (χ1n) is 7.45. The molecule has 5 nitrogen and oxygen atoms in total. The summed E-state index contributed by atoms with van der Waals surface area (Å²) in [6.07, 6.45) is 0. The fourth-order valence-corrected chi connectivity index (χ4v) is 3.37. The van der Waals surface area contributed by atoms with Crippen molar-refractivity contribution in [2.75, 3.05) is 18.5 Å². The minimum Gasteiger partial charge on any atom is -0.482 e. The highest BCUT2D eigenvalue weighted by atomic mass is 35.5.